The number of methoxy groups -OCH3 is 1. The molecule has 280 valence electrons. The Labute approximate surface area is 300 Å². The number of hydrogen-bond donors (Lipinski definition) is 4. The second-order valence-corrected chi connectivity index (χ2v) is 14.0. The maximum atomic E-state index is 14.2. The number of carbonyl (C=O) groups is 3. The van der Waals surface area contributed by atoms with Crippen LogP contribution in [0.25, 0.3) is 11.1 Å². The van der Waals surface area contributed by atoms with Gasteiger partial charge in [-0.3, -0.25) is 15.2 Å². The molecule has 2 aliphatic heterocycles. The normalized spacial score (nSPS) is 20.0. The number of carbonyl (C=O) groups excluding carboxylic acids is 3. The Hall–Kier alpha value is -4.70. The van der Waals surface area contributed by atoms with Crippen molar-refractivity contribution in [3.05, 3.63) is 89.8 Å². The molecular formula is C37H45F2N5O8. The highest BCUT2D eigenvalue weighted by atomic mass is 19.2. The third-order valence-electron chi connectivity index (χ3n) is 9.03. The van der Waals surface area contributed by atoms with E-state index in [0.717, 1.165) is 28.8 Å². The number of alkyl carbamates (subject to hydrolysis) is 1. The van der Waals surface area contributed by atoms with E-state index in [-0.39, 0.29) is 32.0 Å². The molecule has 3 heterocycles. The van der Waals surface area contributed by atoms with Crippen molar-refractivity contribution in [1.29, 1.82) is 0 Å². The highest BCUT2D eigenvalue weighted by molar-refractivity contribution is 5.86. The maximum Gasteiger partial charge on any atom is 0.422 e. The standard InChI is InChI=1S/C37H45F2N5O8/c1-37(2,3)32(42-35(47)49-4)33(46)41-29(17-22-7-10-24(11-8-22)25-6-5-14-40-18-25)30(45)20-44(19-23-9-12-27(38)28(39)16-23)43-36(48)52-31-21-51-34-26(31)13-15-50-34/h5-12,14,16,18,26,29-32,34,45H,13,15,17,19-21H2,1-4H3,(H,41,46)(H,42,47)(H,43,48). The first-order valence-corrected chi connectivity index (χ1v) is 17.0. The van der Waals surface area contributed by atoms with E-state index in [4.69, 9.17) is 18.9 Å². The number of aliphatic hydroxyl groups is 1. The fraction of sp³-hybridized carbons (Fsp3) is 0.459. The minimum atomic E-state index is -1.35. The van der Waals surface area contributed by atoms with Gasteiger partial charge in [-0.05, 0) is 58.7 Å². The van der Waals surface area contributed by atoms with Gasteiger partial charge in [-0.15, -0.1) is 0 Å². The molecule has 13 nitrogen and oxygen atoms in total. The van der Waals surface area contributed by atoms with E-state index >= 15 is 0 Å². The van der Waals surface area contributed by atoms with E-state index in [1.165, 1.54) is 18.2 Å². The third-order valence-corrected chi connectivity index (χ3v) is 9.03. The monoisotopic (exact) mass is 725 g/mol. The average Bonchev–Trinajstić information content (AvgIpc) is 3.73. The van der Waals surface area contributed by atoms with Gasteiger partial charge >= 0.3 is 12.2 Å². The van der Waals surface area contributed by atoms with Crippen LogP contribution in [-0.4, -0.2) is 90.6 Å². The molecule has 0 bridgehead atoms. The second-order valence-electron chi connectivity index (χ2n) is 14.0. The molecule has 3 aromatic rings. The molecule has 4 N–H and O–H groups in total. The predicted molar refractivity (Wildman–Crippen MR) is 184 cm³/mol. The summed E-state index contributed by atoms with van der Waals surface area (Å²) in [6, 6.07) is 12.6. The van der Waals surface area contributed by atoms with E-state index in [0.29, 0.717) is 18.6 Å². The van der Waals surface area contributed by atoms with Crippen LogP contribution in [0.4, 0.5) is 18.4 Å². The van der Waals surface area contributed by atoms with Crippen molar-refractivity contribution in [2.45, 2.75) is 70.7 Å². The van der Waals surface area contributed by atoms with Gasteiger partial charge in [0.2, 0.25) is 5.91 Å². The summed E-state index contributed by atoms with van der Waals surface area (Å²) in [7, 11) is 1.19. The topological polar surface area (TPSA) is 161 Å². The van der Waals surface area contributed by atoms with Gasteiger partial charge in [-0.25, -0.2) is 23.4 Å². The number of amides is 3. The molecule has 0 spiro atoms. The number of aromatic nitrogens is 1. The smallest absolute Gasteiger partial charge is 0.422 e. The van der Waals surface area contributed by atoms with Gasteiger partial charge < -0.3 is 34.7 Å². The fourth-order valence-electron chi connectivity index (χ4n) is 6.22. The summed E-state index contributed by atoms with van der Waals surface area (Å²) in [5.74, 6) is -2.83. The Morgan fingerprint density at radius 2 is 1.75 bits per heavy atom. The number of hydrazine groups is 1. The van der Waals surface area contributed by atoms with Crippen LogP contribution in [0, 0.1) is 23.0 Å². The number of fused-ring (bicyclic) bond motifs is 1. The van der Waals surface area contributed by atoms with Gasteiger partial charge in [-0.1, -0.05) is 57.2 Å². The lowest BCUT2D eigenvalue weighted by molar-refractivity contribution is -0.127. The number of ether oxygens (including phenoxy) is 4. The first-order valence-electron chi connectivity index (χ1n) is 17.0. The first-order chi connectivity index (χ1) is 24.8. The molecule has 15 heteroatoms. The number of nitrogens with zero attached hydrogens (tertiary/aromatic N) is 2. The highest BCUT2D eigenvalue weighted by Gasteiger charge is 2.44. The zero-order valence-electron chi connectivity index (χ0n) is 29.5. The quantitative estimate of drug-likeness (QED) is 0.189. The summed E-state index contributed by atoms with van der Waals surface area (Å²) in [6.07, 6.45) is 0.189. The van der Waals surface area contributed by atoms with E-state index in [2.05, 4.69) is 21.0 Å². The molecule has 1 aromatic heterocycles. The van der Waals surface area contributed by atoms with Crippen LogP contribution in [0.3, 0.4) is 0 Å². The number of halogens is 2. The number of benzene rings is 2. The molecule has 0 radical (unpaired) electrons. The summed E-state index contributed by atoms with van der Waals surface area (Å²) >= 11 is 0. The highest BCUT2D eigenvalue weighted by Crippen LogP contribution is 2.33. The van der Waals surface area contributed by atoms with Crippen LogP contribution in [0.2, 0.25) is 0 Å². The Bertz CT molecular complexity index is 1680. The van der Waals surface area contributed by atoms with Crippen LogP contribution in [-0.2, 0) is 36.7 Å². The lowest BCUT2D eigenvalue weighted by Gasteiger charge is -2.34. The molecule has 0 saturated carbocycles. The molecule has 0 aliphatic carbocycles. The Morgan fingerprint density at radius 3 is 2.42 bits per heavy atom. The number of pyridine rings is 1. The van der Waals surface area contributed by atoms with Crippen molar-refractivity contribution in [2.75, 3.05) is 26.9 Å². The van der Waals surface area contributed by atoms with E-state index < -0.39 is 65.7 Å². The second kappa shape index (κ2) is 17.2. The molecule has 2 saturated heterocycles. The summed E-state index contributed by atoms with van der Waals surface area (Å²) < 4.78 is 49.5. The van der Waals surface area contributed by atoms with Gasteiger partial charge in [0.15, 0.2) is 17.9 Å². The van der Waals surface area contributed by atoms with Crippen LogP contribution in [0.5, 0.6) is 0 Å². The van der Waals surface area contributed by atoms with Gasteiger partial charge in [0.25, 0.3) is 0 Å². The van der Waals surface area contributed by atoms with Crippen molar-refractivity contribution in [3.63, 3.8) is 0 Å². The summed E-state index contributed by atoms with van der Waals surface area (Å²) in [6.45, 7) is 5.49. The maximum absolute atomic E-state index is 14.2. The molecule has 6 unspecified atom stereocenters. The van der Waals surface area contributed by atoms with Crippen molar-refractivity contribution in [2.24, 2.45) is 11.3 Å². The largest absolute Gasteiger partial charge is 0.453 e. The zero-order valence-corrected chi connectivity index (χ0v) is 29.5. The molecule has 5 rings (SSSR count). The van der Waals surface area contributed by atoms with E-state index in [9.17, 15) is 28.3 Å². The molecule has 52 heavy (non-hydrogen) atoms. The van der Waals surface area contributed by atoms with E-state index in [1.54, 1.807) is 33.2 Å². The van der Waals surface area contributed by atoms with Crippen LogP contribution >= 0.6 is 0 Å². The lowest BCUT2D eigenvalue weighted by Crippen LogP contribution is -2.59. The fourth-order valence-corrected chi connectivity index (χ4v) is 6.22. The van der Waals surface area contributed by atoms with Crippen LogP contribution < -0.4 is 16.1 Å². The van der Waals surface area contributed by atoms with Gasteiger partial charge in [0, 0.05) is 25.5 Å². The number of hydrogen-bond acceptors (Lipinski definition) is 10. The molecule has 2 fully saturated rings. The Balaban J connectivity index is 1.38. The summed E-state index contributed by atoms with van der Waals surface area (Å²) in [4.78, 5) is 43.3. The minimum absolute atomic E-state index is 0.130. The Morgan fingerprint density at radius 1 is 1.00 bits per heavy atom. The molecule has 2 aliphatic rings. The van der Waals surface area contributed by atoms with Crippen LogP contribution in [0.15, 0.2) is 67.0 Å². The Kier molecular flexibility index (Phi) is 12.8. The first kappa shape index (κ1) is 38.5. The van der Waals surface area contributed by atoms with Crippen molar-refractivity contribution < 1.29 is 47.2 Å². The zero-order chi connectivity index (χ0) is 37.4. The van der Waals surface area contributed by atoms with Crippen molar-refractivity contribution in [1.82, 2.24) is 26.1 Å². The predicted octanol–water partition coefficient (Wildman–Crippen LogP) is 4.09. The lowest BCUT2D eigenvalue weighted by atomic mass is 9.85. The van der Waals surface area contributed by atoms with Gasteiger partial charge in [-0.2, -0.15) is 0 Å². The minimum Gasteiger partial charge on any atom is -0.453 e. The van der Waals surface area contributed by atoms with Crippen molar-refractivity contribution in [3.8, 4) is 11.1 Å². The molecular weight excluding hydrogens is 680 g/mol. The van der Waals surface area contributed by atoms with Gasteiger partial charge in [0.1, 0.15) is 12.1 Å². The molecule has 6 atom stereocenters. The van der Waals surface area contributed by atoms with Gasteiger partial charge in [0.05, 0.1) is 38.4 Å². The number of rotatable bonds is 13. The average molecular weight is 726 g/mol. The van der Waals surface area contributed by atoms with Crippen molar-refractivity contribution >= 4 is 18.1 Å². The van der Waals surface area contributed by atoms with Crippen LogP contribution in [0.1, 0.15) is 38.3 Å². The van der Waals surface area contributed by atoms with E-state index in [1.807, 2.05) is 36.4 Å². The molecule has 2 aromatic carbocycles. The SMILES string of the molecule is COC(=O)NC(C(=O)NC(Cc1ccc(-c2cccnc2)cc1)C(O)CN(Cc1ccc(F)c(F)c1)NC(=O)OC1COC2OCCC12)C(C)(C)C. The number of nitrogens with one attached hydrogen (secondary N) is 3. The third kappa shape index (κ3) is 10.2. The number of aliphatic hydroxyl groups excluding tert-OH is 1. The summed E-state index contributed by atoms with van der Waals surface area (Å²) in [5, 5.41) is 18.6. The molecule has 3 amide bonds. The summed E-state index contributed by atoms with van der Waals surface area (Å²) in [5.41, 5.74) is 4.75.